The van der Waals surface area contributed by atoms with Crippen molar-refractivity contribution >= 4 is 76.2 Å². The van der Waals surface area contributed by atoms with E-state index in [4.69, 9.17) is 30.6 Å². The van der Waals surface area contributed by atoms with E-state index in [1.54, 1.807) is 0 Å². The van der Waals surface area contributed by atoms with Gasteiger partial charge in [-0.05, 0) is 85.9 Å². The Kier molecular flexibility index (Phi) is 5.58. The van der Waals surface area contributed by atoms with Crippen LogP contribution in [0.3, 0.4) is 0 Å². The molecule has 0 fully saturated rings. The molecule has 0 aliphatic heterocycles. The monoisotopic (exact) mass is 720 g/mol. The summed E-state index contributed by atoms with van der Waals surface area (Å²) in [5, 5.41) is 10.8. The van der Waals surface area contributed by atoms with Crippen molar-refractivity contribution in [2.75, 3.05) is 0 Å². The van der Waals surface area contributed by atoms with Crippen molar-refractivity contribution in [3.05, 3.63) is 176 Å². The van der Waals surface area contributed by atoms with E-state index in [1.165, 1.54) is 32.3 Å². The molecule has 56 heavy (non-hydrogen) atoms. The average Bonchev–Trinajstić information content (AvgIpc) is 3.88. The van der Waals surface area contributed by atoms with Gasteiger partial charge in [-0.1, -0.05) is 133 Å². The van der Waals surface area contributed by atoms with Crippen LogP contribution < -0.4 is 0 Å². The van der Waals surface area contributed by atoms with Gasteiger partial charge < -0.3 is 8.83 Å². The van der Waals surface area contributed by atoms with Gasteiger partial charge in [0.05, 0.1) is 6.85 Å². The predicted molar refractivity (Wildman–Crippen MR) is 229 cm³/mol. The van der Waals surface area contributed by atoms with Gasteiger partial charge >= 0.3 is 0 Å². The van der Waals surface area contributed by atoms with Crippen LogP contribution >= 0.6 is 0 Å². The summed E-state index contributed by atoms with van der Waals surface area (Å²) in [5.74, 6) is 0.450. The highest BCUT2D eigenvalue weighted by atomic mass is 16.3. The Bertz CT molecular complexity index is 3790. The lowest BCUT2D eigenvalue weighted by Crippen LogP contribution is -2.00. The SMILES string of the molecule is [2H]c1c([2H])c([2H])c(-c2nc(-c3ccc4c(c3)oc3ccccc34)nc(-c3cccc4oc5cc(-c6ccc7c8ccccc8c8ccccc8c7c6)ccc5c34)n2)c([2H])c1[2H]. The Hall–Kier alpha value is -7.63. The molecule has 12 aromatic rings. The van der Waals surface area contributed by atoms with Crippen molar-refractivity contribution in [1.29, 1.82) is 0 Å². The van der Waals surface area contributed by atoms with Crippen LogP contribution in [0.15, 0.2) is 185 Å². The molecule has 3 aromatic heterocycles. The van der Waals surface area contributed by atoms with Gasteiger partial charge in [0.25, 0.3) is 0 Å². The van der Waals surface area contributed by atoms with Crippen molar-refractivity contribution in [2.24, 2.45) is 0 Å². The molecular formula is C51H29N3O2. The molecular weight excluding hydrogens is 687 g/mol. The third-order valence-electron chi connectivity index (χ3n) is 10.8. The van der Waals surface area contributed by atoms with Crippen molar-refractivity contribution in [3.63, 3.8) is 0 Å². The van der Waals surface area contributed by atoms with Gasteiger partial charge in [-0.15, -0.1) is 0 Å². The molecule has 0 bridgehead atoms. The molecule has 0 saturated carbocycles. The number of hydrogen-bond donors (Lipinski definition) is 0. The fourth-order valence-corrected chi connectivity index (χ4v) is 8.24. The zero-order valence-electron chi connectivity index (χ0n) is 34.5. The summed E-state index contributed by atoms with van der Waals surface area (Å²) >= 11 is 0. The lowest BCUT2D eigenvalue weighted by Gasteiger charge is -2.12. The first kappa shape index (κ1) is 26.2. The Morgan fingerprint density at radius 3 is 1.61 bits per heavy atom. The van der Waals surface area contributed by atoms with Gasteiger partial charge in [0.15, 0.2) is 17.5 Å². The first-order valence-corrected chi connectivity index (χ1v) is 18.3. The minimum atomic E-state index is -0.497. The summed E-state index contributed by atoms with van der Waals surface area (Å²) in [5.41, 5.74) is 5.86. The van der Waals surface area contributed by atoms with Gasteiger partial charge in [0, 0.05) is 38.2 Å². The van der Waals surface area contributed by atoms with E-state index in [-0.39, 0.29) is 23.0 Å². The van der Waals surface area contributed by atoms with Crippen molar-refractivity contribution < 1.29 is 15.7 Å². The summed E-state index contributed by atoms with van der Waals surface area (Å²) in [7, 11) is 0. The lowest BCUT2D eigenvalue weighted by molar-refractivity contribution is 0.668. The number of benzene rings is 9. The Morgan fingerprint density at radius 1 is 0.339 bits per heavy atom. The smallest absolute Gasteiger partial charge is 0.164 e. The maximum atomic E-state index is 8.81. The van der Waals surface area contributed by atoms with Crippen molar-refractivity contribution in [2.45, 2.75) is 0 Å². The van der Waals surface area contributed by atoms with Gasteiger partial charge in [-0.25, -0.2) is 15.0 Å². The molecule has 0 atom stereocenters. The third kappa shape index (κ3) is 4.71. The second-order valence-corrected chi connectivity index (χ2v) is 14.0. The largest absolute Gasteiger partial charge is 0.456 e. The lowest BCUT2D eigenvalue weighted by atomic mass is 9.92. The van der Waals surface area contributed by atoms with Crippen LogP contribution in [0.4, 0.5) is 0 Å². The number of hydrogen-bond acceptors (Lipinski definition) is 5. The maximum Gasteiger partial charge on any atom is 0.164 e. The summed E-state index contributed by atoms with van der Waals surface area (Å²) in [6.07, 6.45) is 0. The number of nitrogens with zero attached hydrogens (tertiary/aromatic N) is 3. The third-order valence-corrected chi connectivity index (χ3v) is 10.8. The summed E-state index contributed by atoms with van der Waals surface area (Å²) in [6.45, 7) is 0. The normalized spacial score (nSPS) is 13.2. The van der Waals surface area contributed by atoms with Crippen LogP contribution in [0.2, 0.25) is 0 Å². The molecule has 5 heteroatoms. The van der Waals surface area contributed by atoms with Crippen molar-refractivity contribution in [1.82, 2.24) is 15.0 Å². The van der Waals surface area contributed by atoms with Crippen LogP contribution in [0.1, 0.15) is 6.85 Å². The van der Waals surface area contributed by atoms with E-state index >= 15 is 0 Å². The minimum Gasteiger partial charge on any atom is -0.456 e. The maximum absolute atomic E-state index is 8.81. The van der Waals surface area contributed by atoms with E-state index in [9.17, 15) is 0 Å². The molecule has 0 aliphatic carbocycles. The van der Waals surface area contributed by atoms with Crippen LogP contribution in [0.25, 0.3) is 121 Å². The zero-order valence-corrected chi connectivity index (χ0v) is 29.5. The number of furan rings is 2. The highest BCUT2D eigenvalue weighted by Gasteiger charge is 2.19. The molecule has 0 unspecified atom stereocenters. The summed E-state index contributed by atoms with van der Waals surface area (Å²) in [6, 6.07) is 46.8. The van der Waals surface area contributed by atoms with Gasteiger partial charge in [-0.3, -0.25) is 0 Å². The molecule has 0 aliphatic rings. The molecule has 0 radical (unpaired) electrons. The van der Waals surface area contributed by atoms with Gasteiger partial charge in [0.2, 0.25) is 0 Å². The van der Waals surface area contributed by atoms with Gasteiger partial charge in [-0.2, -0.15) is 0 Å². The van der Waals surface area contributed by atoms with Crippen molar-refractivity contribution in [3.8, 4) is 45.3 Å². The van der Waals surface area contributed by atoms with E-state index in [2.05, 4.69) is 84.9 Å². The number of aromatic nitrogens is 3. The second kappa shape index (κ2) is 11.9. The highest BCUT2D eigenvalue weighted by Crippen LogP contribution is 2.41. The molecule has 0 saturated heterocycles. The minimum absolute atomic E-state index is 0.0506. The van der Waals surface area contributed by atoms with E-state index < -0.39 is 30.2 Å². The zero-order chi connectivity index (χ0) is 41.1. The standard InChI is InChI=1S/C51H29N3O2/c1-2-11-30(12-3-1)49-52-50(33-23-25-40-39-17-8-9-19-44(39)55-46(40)29-33)54-51(53-49)42-18-10-20-45-48(42)41-26-22-32(28-47(41)56-45)31-21-24-38-36-15-5-4-13-34(36)35-14-6-7-16-37(35)43(38)27-31/h1-29H/i1D,2D,3D,11D,12D. The molecule has 0 spiro atoms. The molecule has 3 heterocycles. The highest BCUT2D eigenvalue weighted by molar-refractivity contribution is 6.26. The number of fused-ring (bicyclic) bond motifs is 12. The quantitative estimate of drug-likeness (QED) is 0.169. The Balaban J connectivity index is 1.05. The van der Waals surface area contributed by atoms with Crippen LogP contribution in [0, 0.1) is 0 Å². The molecule has 5 nitrogen and oxygen atoms in total. The molecule has 12 rings (SSSR count). The molecule has 0 amide bonds. The fraction of sp³-hybridized carbons (Fsp3) is 0. The average molecular weight is 721 g/mol. The van der Waals surface area contributed by atoms with Crippen LogP contribution in [0.5, 0.6) is 0 Å². The van der Waals surface area contributed by atoms with Crippen LogP contribution in [-0.4, -0.2) is 15.0 Å². The topological polar surface area (TPSA) is 65.0 Å². The summed E-state index contributed by atoms with van der Waals surface area (Å²) < 4.78 is 55.5. The Labute approximate surface area is 327 Å². The van der Waals surface area contributed by atoms with E-state index in [0.29, 0.717) is 27.9 Å². The summed E-state index contributed by atoms with van der Waals surface area (Å²) in [4.78, 5) is 14.6. The molecule has 9 aromatic carbocycles. The van der Waals surface area contributed by atoms with E-state index in [0.717, 1.165) is 38.3 Å². The van der Waals surface area contributed by atoms with E-state index in [1.807, 2.05) is 60.7 Å². The Morgan fingerprint density at radius 2 is 0.839 bits per heavy atom. The second-order valence-electron chi connectivity index (χ2n) is 14.0. The number of para-hydroxylation sites is 1. The number of rotatable bonds is 4. The predicted octanol–water partition coefficient (Wildman–Crippen LogP) is 13.8. The fourth-order valence-electron chi connectivity index (χ4n) is 8.24. The van der Waals surface area contributed by atoms with Crippen LogP contribution in [-0.2, 0) is 0 Å². The van der Waals surface area contributed by atoms with Gasteiger partial charge in [0.1, 0.15) is 22.3 Å². The first-order chi connectivity index (χ1) is 29.8. The first-order valence-electron chi connectivity index (χ1n) is 20.8. The molecule has 0 N–H and O–H groups in total. The molecule has 260 valence electrons.